The number of carbonyl (C=O) groups excluding carboxylic acids is 1. The Bertz CT molecular complexity index is 573. The van der Waals surface area contributed by atoms with Crippen LogP contribution in [0.4, 0.5) is 0 Å². The van der Waals surface area contributed by atoms with E-state index in [1.165, 1.54) is 0 Å². The molecule has 0 aliphatic rings. The van der Waals surface area contributed by atoms with Crippen LogP contribution in [0.5, 0.6) is 0 Å². The summed E-state index contributed by atoms with van der Waals surface area (Å²) in [6.07, 6.45) is 2.77. The number of benzene rings is 1. The maximum atomic E-state index is 12.1. The van der Waals surface area contributed by atoms with E-state index in [-0.39, 0.29) is 12.5 Å². The van der Waals surface area contributed by atoms with E-state index in [4.69, 9.17) is 5.11 Å². The third-order valence-electron chi connectivity index (χ3n) is 2.85. The van der Waals surface area contributed by atoms with E-state index >= 15 is 0 Å². The van der Waals surface area contributed by atoms with Gasteiger partial charge in [-0.05, 0) is 31.0 Å². The molecule has 0 heterocycles. The number of nitrogens with one attached hydrogen (secondary N) is 1. The highest BCUT2D eigenvalue weighted by Gasteiger charge is 2.08. The van der Waals surface area contributed by atoms with Gasteiger partial charge in [0.25, 0.3) is 5.91 Å². The summed E-state index contributed by atoms with van der Waals surface area (Å²) >= 11 is 0. The van der Waals surface area contributed by atoms with Crippen molar-refractivity contribution in [3.63, 3.8) is 0 Å². The highest BCUT2D eigenvalue weighted by Crippen LogP contribution is 2.10. The van der Waals surface area contributed by atoms with Crippen molar-refractivity contribution >= 4 is 16.7 Å². The Labute approximate surface area is 128 Å². The summed E-state index contributed by atoms with van der Waals surface area (Å²) in [6, 6.07) is 5.47. The van der Waals surface area contributed by atoms with Crippen LogP contribution in [-0.2, 0) is 10.8 Å². The lowest BCUT2D eigenvalue weighted by Crippen LogP contribution is -2.26. The minimum absolute atomic E-state index is 0.0327. The van der Waals surface area contributed by atoms with Gasteiger partial charge in [0.05, 0.1) is 6.61 Å². The van der Waals surface area contributed by atoms with Gasteiger partial charge in [-0.15, -0.1) is 0 Å². The van der Waals surface area contributed by atoms with Crippen molar-refractivity contribution in [1.29, 1.82) is 0 Å². The Kier molecular flexibility index (Phi) is 7.73. The van der Waals surface area contributed by atoms with E-state index in [1.54, 1.807) is 12.3 Å². The molecule has 1 amide bonds. The van der Waals surface area contributed by atoms with Gasteiger partial charge in [0.1, 0.15) is 0 Å². The molecule has 2 N–H and O–H groups in total. The quantitative estimate of drug-likeness (QED) is 0.613. The lowest BCUT2D eigenvalue weighted by atomic mass is 10.0. The SMILES string of the molecule is Cc1ccc(C#CCCO)cc1C(=O)NCCCS(C)=O. The van der Waals surface area contributed by atoms with Crippen molar-refractivity contribution in [2.75, 3.05) is 25.2 Å². The molecule has 1 unspecified atom stereocenters. The van der Waals surface area contributed by atoms with Gasteiger partial charge in [-0.1, -0.05) is 17.9 Å². The molecule has 0 spiro atoms. The molecule has 0 aliphatic heterocycles. The highest BCUT2D eigenvalue weighted by atomic mass is 32.2. The maximum Gasteiger partial charge on any atom is 0.251 e. The molecule has 1 atom stereocenters. The van der Waals surface area contributed by atoms with Crippen molar-refractivity contribution in [2.24, 2.45) is 0 Å². The predicted molar refractivity (Wildman–Crippen MR) is 85.6 cm³/mol. The van der Waals surface area contributed by atoms with Gasteiger partial charge in [-0.3, -0.25) is 9.00 Å². The summed E-state index contributed by atoms with van der Waals surface area (Å²) in [6.45, 7) is 2.42. The number of aryl methyl sites for hydroxylation is 1. The molecular weight excluding hydrogens is 286 g/mol. The third kappa shape index (κ3) is 6.56. The standard InChI is InChI=1S/C16H21NO3S/c1-13-7-8-14(6-3-4-10-18)12-15(13)16(19)17-9-5-11-21(2)20/h7-8,12,18H,4-5,9-11H2,1-2H3,(H,17,19). The Morgan fingerprint density at radius 1 is 1.43 bits per heavy atom. The molecule has 0 aliphatic carbocycles. The van der Waals surface area contributed by atoms with E-state index in [9.17, 15) is 9.00 Å². The van der Waals surface area contributed by atoms with Crippen molar-refractivity contribution in [1.82, 2.24) is 5.32 Å². The van der Waals surface area contributed by atoms with Crippen LogP contribution in [0.15, 0.2) is 18.2 Å². The molecule has 4 nitrogen and oxygen atoms in total. The highest BCUT2D eigenvalue weighted by molar-refractivity contribution is 7.84. The Balaban J connectivity index is 2.68. The zero-order valence-electron chi connectivity index (χ0n) is 12.4. The summed E-state index contributed by atoms with van der Waals surface area (Å²) < 4.78 is 10.9. The molecule has 21 heavy (non-hydrogen) atoms. The van der Waals surface area contributed by atoms with Crippen molar-refractivity contribution in [3.8, 4) is 11.8 Å². The normalized spacial score (nSPS) is 11.4. The van der Waals surface area contributed by atoms with E-state index in [1.807, 2.05) is 19.1 Å². The van der Waals surface area contributed by atoms with Crippen molar-refractivity contribution in [2.45, 2.75) is 19.8 Å². The first kappa shape index (κ1) is 17.4. The first-order valence-corrected chi connectivity index (χ1v) is 8.56. The van der Waals surface area contributed by atoms with E-state index in [2.05, 4.69) is 17.2 Å². The molecule has 0 saturated carbocycles. The second-order valence-electron chi connectivity index (χ2n) is 4.69. The number of carbonyl (C=O) groups is 1. The topological polar surface area (TPSA) is 66.4 Å². The minimum atomic E-state index is -0.828. The minimum Gasteiger partial charge on any atom is -0.395 e. The second kappa shape index (κ2) is 9.32. The number of aliphatic hydroxyl groups excluding tert-OH is 1. The van der Waals surface area contributed by atoms with Crippen LogP contribution in [0.1, 0.15) is 34.3 Å². The fourth-order valence-electron chi connectivity index (χ4n) is 1.74. The first-order chi connectivity index (χ1) is 10.0. The summed E-state index contributed by atoms with van der Waals surface area (Å²) in [5, 5.41) is 11.5. The largest absolute Gasteiger partial charge is 0.395 e. The van der Waals surface area contributed by atoms with Crippen molar-refractivity contribution in [3.05, 3.63) is 34.9 Å². The molecule has 0 saturated heterocycles. The fraction of sp³-hybridized carbons (Fsp3) is 0.438. The third-order valence-corrected chi connectivity index (χ3v) is 3.71. The van der Waals surface area contributed by atoms with E-state index in [0.29, 0.717) is 30.7 Å². The molecular formula is C16H21NO3S. The van der Waals surface area contributed by atoms with Crippen LogP contribution in [0.25, 0.3) is 0 Å². The summed E-state index contributed by atoms with van der Waals surface area (Å²) in [7, 11) is -0.828. The molecule has 114 valence electrons. The number of aliphatic hydroxyl groups is 1. The van der Waals surface area contributed by atoms with Gasteiger partial charge in [0.15, 0.2) is 0 Å². The van der Waals surface area contributed by atoms with Crippen LogP contribution >= 0.6 is 0 Å². The van der Waals surface area contributed by atoms with E-state index < -0.39 is 10.8 Å². The lowest BCUT2D eigenvalue weighted by Gasteiger charge is -2.08. The second-order valence-corrected chi connectivity index (χ2v) is 6.25. The lowest BCUT2D eigenvalue weighted by molar-refractivity contribution is 0.0953. The maximum absolute atomic E-state index is 12.1. The molecule has 1 aromatic carbocycles. The summed E-state index contributed by atoms with van der Waals surface area (Å²) in [5.74, 6) is 6.21. The number of amides is 1. The average molecular weight is 307 g/mol. The molecule has 0 aromatic heterocycles. The molecule has 0 radical (unpaired) electrons. The summed E-state index contributed by atoms with van der Waals surface area (Å²) in [5.41, 5.74) is 2.25. The van der Waals surface area contributed by atoms with Crippen LogP contribution < -0.4 is 5.32 Å². The first-order valence-electron chi connectivity index (χ1n) is 6.83. The van der Waals surface area contributed by atoms with Gasteiger partial charge in [-0.25, -0.2) is 0 Å². The number of rotatable bonds is 6. The smallest absolute Gasteiger partial charge is 0.251 e. The van der Waals surface area contributed by atoms with Gasteiger partial charge in [0.2, 0.25) is 0 Å². The van der Waals surface area contributed by atoms with Gasteiger partial charge in [0, 0.05) is 46.9 Å². The monoisotopic (exact) mass is 307 g/mol. The predicted octanol–water partition coefficient (Wildman–Crippen LogP) is 1.23. The van der Waals surface area contributed by atoms with Crippen molar-refractivity contribution < 1.29 is 14.1 Å². The zero-order chi connectivity index (χ0) is 15.7. The zero-order valence-corrected chi connectivity index (χ0v) is 13.3. The van der Waals surface area contributed by atoms with Gasteiger partial charge in [-0.2, -0.15) is 0 Å². The van der Waals surface area contributed by atoms with Crippen LogP contribution in [0.2, 0.25) is 0 Å². The average Bonchev–Trinajstić information content (AvgIpc) is 2.45. The molecule has 0 fully saturated rings. The van der Waals surface area contributed by atoms with Crippen LogP contribution in [-0.4, -0.2) is 40.4 Å². The fourth-order valence-corrected chi connectivity index (χ4v) is 2.29. The Hall–Kier alpha value is -1.64. The van der Waals surface area contributed by atoms with E-state index in [0.717, 1.165) is 11.1 Å². The summed E-state index contributed by atoms with van der Waals surface area (Å²) in [4.78, 5) is 12.1. The van der Waals surface area contributed by atoms with Gasteiger partial charge < -0.3 is 10.4 Å². The Morgan fingerprint density at radius 3 is 2.86 bits per heavy atom. The van der Waals surface area contributed by atoms with Crippen LogP contribution in [0.3, 0.4) is 0 Å². The number of hydrogen-bond acceptors (Lipinski definition) is 3. The molecule has 0 bridgehead atoms. The Morgan fingerprint density at radius 2 is 2.19 bits per heavy atom. The molecule has 1 rings (SSSR count). The van der Waals surface area contributed by atoms with Crippen LogP contribution in [0, 0.1) is 18.8 Å². The molecule has 1 aromatic rings. The molecule has 5 heteroatoms. The van der Waals surface area contributed by atoms with Gasteiger partial charge >= 0.3 is 0 Å². The number of hydrogen-bond donors (Lipinski definition) is 2.